The molecule has 63 heavy (non-hydrogen) atoms. The lowest BCUT2D eigenvalue weighted by Gasteiger charge is -2.24. The third kappa shape index (κ3) is 10.3. The molecule has 0 N–H and O–H groups in total. The Kier molecular flexibility index (Phi) is 18.7. The molecule has 0 aromatic heterocycles. The van der Waals surface area contributed by atoms with Crippen molar-refractivity contribution in [2.45, 2.75) is 113 Å². The van der Waals surface area contributed by atoms with E-state index in [1.54, 1.807) is 6.08 Å². The van der Waals surface area contributed by atoms with E-state index in [-0.39, 0.29) is 141 Å². The monoisotopic (exact) mass is 866 g/mol. The number of Topliss-reactive ketones (excluding diaryl/α,β-unsaturated/α-hetero) is 6. The smallest absolute Gasteiger partial charge is 0.233 e. The van der Waals surface area contributed by atoms with Gasteiger partial charge in [-0.05, 0) is 80.0 Å². The van der Waals surface area contributed by atoms with Crippen LogP contribution in [0.2, 0.25) is 0 Å². The first-order valence-electron chi connectivity index (χ1n) is 24.0. The number of rotatable bonds is 21. The lowest BCUT2D eigenvalue weighted by Crippen LogP contribution is -2.33. The first-order chi connectivity index (χ1) is 30.1. The number of amides is 2. The van der Waals surface area contributed by atoms with Gasteiger partial charge in [0.25, 0.3) is 0 Å². The van der Waals surface area contributed by atoms with Crippen LogP contribution >= 0.6 is 0 Å². The van der Waals surface area contributed by atoms with E-state index in [2.05, 4.69) is 44.5 Å². The van der Waals surface area contributed by atoms with Gasteiger partial charge in [-0.15, -0.1) is 26.3 Å². The van der Waals surface area contributed by atoms with Gasteiger partial charge in [0.05, 0.1) is 11.8 Å². The summed E-state index contributed by atoms with van der Waals surface area (Å²) in [6, 6.07) is 0. The van der Waals surface area contributed by atoms with Crippen LogP contribution in [0.25, 0.3) is 0 Å². The molecule has 0 radical (unpaired) electrons. The summed E-state index contributed by atoms with van der Waals surface area (Å²) in [4.78, 5) is 104. The number of allylic oxidation sites excluding steroid dienone is 8. The predicted octanol–water partition coefficient (Wildman–Crippen LogP) is 9.57. The summed E-state index contributed by atoms with van der Waals surface area (Å²) in [7, 11) is 0. The van der Waals surface area contributed by atoms with Crippen molar-refractivity contribution >= 4 is 46.5 Å². The molecule has 1 heterocycles. The van der Waals surface area contributed by atoms with Crippen LogP contribution in [0.4, 0.5) is 0 Å². The number of ketones is 6. The van der Waals surface area contributed by atoms with Crippen LogP contribution in [-0.4, -0.2) is 58.0 Å². The molecule has 5 fully saturated rings. The van der Waals surface area contributed by atoms with Crippen LogP contribution in [0.15, 0.2) is 74.9 Å². The molecule has 9 nitrogen and oxygen atoms in total. The van der Waals surface area contributed by atoms with Crippen molar-refractivity contribution in [2.75, 3.05) is 6.54 Å². The highest BCUT2D eigenvalue weighted by atomic mass is 16.2. The third-order valence-corrected chi connectivity index (χ3v) is 15.6. The van der Waals surface area contributed by atoms with Gasteiger partial charge in [-0.1, -0.05) is 90.2 Å². The fourth-order valence-corrected chi connectivity index (χ4v) is 12.4. The Morgan fingerprint density at radius 1 is 0.397 bits per heavy atom. The van der Waals surface area contributed by atoms with Crippen molar-refractivity contribution in [1.82, 2.24) is 4.90 Å². The van der Waals surface area contributed by atoms with Gasteiger partial charge < -0.3 is 0 Å². The van der Waals surface area contributed by atoms with Crippen molar-refractivity contribution in [3.63, 3.8) is 0 Å². The highest BCUT2D eigenvalue weighted by Crippen LogP contribution is 2.51. The Balaban J connectivity index is 0.000000277. The summed E-state index contributed by atoms with van der Waals surface area (Å²) in [5, 5.41) is 0. The Morgan fingerprint density at radius 3 is 0.857 bits per heavy atom. The average molecular weight is 866 g/mol. The van der Waals surface area contributed by atoms with Crippen molar-refractivity contribution in [2.24, 2.45) is 94.7 Å². The Morgan fingerprint density at radius 2 is 0.619 bits per heavy atom. The van der Waals surface area contributed by atoms with Crippen LogP contribution in [-0.2, 0) is 38.4 Å². The molecule has 2 amide bonds. The number of carbonyl (C=O) groups is 8. The summed E-state index contributed by atoms with van der Waals surface area (Å²) in [5.74, 6) is -2.33. The van der Waals surface area contributed by atoms with Crippen LogP contribution in [0.3, 0.4) is 0 Å². The van der Waals surface area contributed by atoms with Gasteiger partial charge in [-0.25, -0.2) is 0 Å². The maximum absolute atomic E-state index is 12.9. The maximum Gasteiger partial charge on any atom is 0.233 e. The van der Waals surface area contributed by atoms with Gasteiger partial charge in [-0.2, -0.15) is 0 Å². The first-order valence-corrected chi connectivity index (χ1v) is 24.0. The number of carbonyl (C=O) groups excluding carboxylic acids is 8. The third-order valence-electron chi connectivity index (χ3n) is 15.6. The van der Waals surface area contributed by atoms with E-state index in [0.29, 0.717) is 70.8 Å². The Labute approximate surface area is 377 Å². The van der Waals surface area contributed by atoms with Crippen LogP contribution in [0.5, 0.6) is 0 Å². The average Bonchev–Trinajstić information content (AvgIpc) is 4.11. The van der Waals surface area contributed by atoms with Crippen molar-refractivity contribution in [3.8, 4) is 0 Å². The quantitative estimate of drug-likeness (QED) is 0.0821. The lowest BCUT2D eigenvalue weighted by atomic mass is 9.78. The van der Waals surface area contributed by atoms with Gasteiger partial charge >= 0.3 is 0 Å². The standard InChI is InChI=1S/C28H40O4.C26H35NO4/c1-7-17-15-19(27(23(31)11-5)25(17)21(29)9-3)13-14-20-16-18(8-2)26(22(30)10-4)28(20)24(32)12-6;1-6-15-13-17(22(20(29)9-4)21(15)19(28)8-3)11-12-18-14-16(7-2)23-24(18)26(31)27(10-5)25(23)30/h7-8,13-14,17-20,25-28H,1-2,9-12,15-16H2,3-6H3;6-7,11-12,15-18,21-24H,1-2,8-10,13-14H2,3-5H3/b14-13-;12-11-. The molecule has 5 aliphatic rings. The molecule has 5 rings (SSSR count). The van der Waals surface area contributed by atoms with Gasteiger partial charge in [0.1, 0.15) is 34.7 Å². The molecule has 9 heteroatoms. The van der Waals surface area contributed by atoms with Crippen molar-refractivity contribution in [3.05, 3.63) is 74.9 Å². The minimum Gasteiger partial charge on any atom is -0.299 e. The molecule has 16 atom stereocenters. The molecule has 4 saturated carbocycles. The summed E-state index contributed by atoms with van der Waals surface area (Å²) in [5.41, 5.74) is 0. The van der Waals surface area contributed by atoms with Gasteiger partial charge in [0.15, 0.2) is 0 Å². The van der Waals surface area contributed by atoms with Crippen molar-refractivity contribution in [1.29, 1.82) is 0 Å². The topological polar surface area (TPSA) is 140 Å². The van der Waals surface area contributed by atoms with Gasteiger partial charge in [0.2, 0.25) is 11.8 Å². The lowest BCUT2D eigenvalue weighted by molar-refractivity contribution is -0.140. The summed E-state index contributed by atoms with van der Waals surface area (Å²) >= 11 is 0. The molecular formula is C54H75NO8. The molecule has 16 unspecified atom stereocenters. The van der Waals surface area contributed by atoms with Gasteiger partial charge in [-0.3, -0.25) is 43.3 Å². The predicted molar refractivity (Wildman–Crippen MR) is 248 cm³/mol. The molecule has 0 aromatic carbocycles. The molecular weight excluding hydrogens is 791 g/mol. The van der Waals surface area contributed by atoms with E-state index in [0.717, 1.165) is 0 Å². The summed E-state index contributed by atoms with van der Waals surface area (Å²) in [6.45, 7) is 28.9. The number of fused-ring (bicyclic) bond motifs is 1. The highest BCUT2D eigenvalue weighted by Gasteiger charge is 2.57. The number of imide groups is 1. The van der Waals surface area contributed by atoms with E-state index in [1.807, 2.05) is 72.8 Å². The molecule has 0 spiro atoms. The first kappa shape index (κ1) is 51.2. The fraction of sp³-hybridized carbons (Fsp3) is 0.630. The molecule has 0 aromatic rings. The zero-order chi connectivity index (χ0) is 46.9. The van der Waals surface area contributed by atoms with E-state index in [4.69, 9.17) is 0 Å². The molecule has 344 valence electrons. The minimum absolute atomic E-state index is 0.00915. The van der Waals surface area contributed by atoms with E-state index < -0.39 is 0 Å². The SMILES string of the molecule is C=CC1CC(/C=C\C2CC(C=C)C(C(=O)CC)C2C(=O)CC)C(C(=O)CC)C1C(=O)CC.C=CC1CC(/C=C\C2CC(C=C)C3C(=O)N(CC)C(=O)C23)C(C(=O)CC)C1C(=O)CC. The Hall–Kier alpha value is -4.40. The van der Waals surface area contributed by atoms with E-state index in [1.165, 1.54) is 4.90 Å². The van der Waals surface area contributed by atoms with Gasteiger partial charge in [0, 0.05) is 80.6 Å². The minimum atomic E-state index is -0.350. The number of likely N-dealkylation sites (tertiary alicyclic amines) is 1. The molecule has 0 bridgehead atoms. The second kappa shape index (κ2) is 23.0. The number of nitrogens with zero attached hydrogens (tertiary/aromatic N) is 1. The Bertz CT molecular complexity index is 1790. The number of hydrogen-bond donors (Lipinski definition) is 0. The van der Waals surface area contributed by atoms with Crippen LogP contribution < -0.4 is 0 Å². The summed E-state index contributed by atoms with van der Waals surface area (Å²) in [6.07, 6.45) is 20.8. The fourth-order valence-electron chi connectivity index (χ4n) is 12.4. The van der Waals surface area contributed by atoms with E-state index >= 15 is 0 Å². The van der Waals surface area contributed by atoms with E-state index in [9.17, 15) is 38.4 Å². The number of hydrogen-bond acceptors (Lipinski definition) is 8. The molecule has 4 aliphatic carbocycles. The summed E-state index contributed by atoms with van der Waals surface area (Å²) < 4.78 is 0. The zero-order valence-corrected chi connectivity index (χ0v) is 39.2. The maximum atomic E-state index is 12.9. The largest absolute Gasteiger partial charge is 0.299 e. The van der Waals surface area contributed by atoms with Crippen molar-refractivity contribution < 1.29 is 38.4 Å². The highest BCUT2D eigenvalue weighted by molar-refractivity contribution is 6.06. The normalized spacial score (nSPS) is 36.0. The zero-order valence-electron chi connectivity index (χ0n) is 39.2. The van der Waals surface area contributed by atoms with Crippen LogP contribution in [0, 0.1) is 94.7 Å². The van der Waals surface area contributed by atoms with Crippen LogP contribution in [0.1, 0.15) is 113 Å². The second-order valence-corrected chi connectivity index (χ2v) is 18.5. The molecule has 1 aliphatic heterocycles. The molecule has 1 saturated heterocycles. The second-order valence-electron chi connectivity index (χ2n) is 18.5.